The summed E-state index contributed by atoms with van der Waals surface area (Å²) in [6.07, 6.45) is 0. The Morgan fingerprint density at radius 2 is 2.05 bits per heavy atom. The maximum atomic E-state index is 12.6. The van der Waals surface area contributed by atoms with Gasteiger partial charge in [-0.25, -0.2) is 4.98 Å². The van der Waals surface area contributed by atoms with Gasteiger partial charge >= 0.3 is 0 Å². The molecular weight excluding hydrogens is 380 g/mol. The number of thioether (sulfide) groups is 1. The monoisotopic (exact) mass is 394 g/mol. The molecule has 2 aromatic heterocycles. The van der Waals surface area contributed by atoms with Crippen molar-refractivity contribution in [2.75, 3.05) is 0 Å². The Morgan fingerprint density at radius 3 is 2.77 bits per heavy atom. The first-order valence-corrected chi connectivity index (χ1v) is 9.41. The van der Waals surface area contributed by atoms with Gasteiger partial charge in [0, 0.05) is 22.2 Å². The minimum atomic E-state index is 0.0430. The zero-order valence-corrected chi connectivity index (χ0v) is 15.7. The summed E-state index contributed by atoms with van der Waals surface area (Å²) in [4.78, 5) is 19.3. The highest BCUT2D eigenvalue weighted by molar-refractivity contribution is 9.10. The summed E-state index contributed by atoms with van der Waals surface area (Å²) in [6.45, 7) is 4.03. The zero-order valence-electron chi connectivity index (χ0n) is 12.5. The first-order valence-electron chi connectivity index (χ1n) is 6.82. The zero-order chi connectivity index (χ0) is 15.9. The number of thiophene rings is 1. The average molecular weight is 395 g/mol. The second-order valence-corrected chi connectivity index (χ2v) is 8.10. The fourth-order valence-corrected chi connectivity index (χ4v) is 4.90. The smallest absolute Gasteiger partial charge is 0.262 e. The van der Waals surface area contributed by atoms with Gasteiger partial charge in [0.05, 0.1) is 5.39 Å². The van der Waals surface area contributed by atoms with Crippen molar-refractivity contribution in [3.8, 4) is 0 Å². The van der Waals surface area contributed by atoms with Gasteiger partial charge in [0.15, 0.2) is 5.16 Å². The number of hydrogen-bond donors (Lipinski definition) is 0. The molecule has 0 saturated heterocycles. The van der Waals surface area contributed by atoms with Crippen LogP contribution in [0.2, 0.25) is 0 Å². The second kappa shape index (κ2) is 6.18. The molecule has 0 radical (unpaired) electrons. The van der Waals surface area contributed by atoms with Gasteiger partial charge in [0.1, 0.15) is 4.83 Å². The minimum Gasteiger partial charge on any atom is -0.290 e. The molecular formula is C16H15BrN2OS2. The largest absolute Gasteiger partial charge is 0.290 e. The van der Waals surface area contributed by atoms with E-state index in [9.17, 15) is 4.79 Å². The molecule has 0 saturated carbocycles. The first kappa shape index (κ1) is 15.8. The number of nitrogens with zero attached hydrogens (tertiary/aromatic N) is 2. The summed E-state index contributed by atoms with van der Waals surface area (Å²) in [6, 6.07) is 8.11. The summed E-state index contributed by atoms with van der Waals surface area (Å²) in [5, 5.41) is 1.52. The lowest BCUT2D eigenvalue weighted by atomic mass is 10.2. The van der Waals surface area contributed by atoms with E-state index in [0.717, 1.165) is 36.0 Å². The van der Waals surface area contributed by atoms with Crippen LogP contribution in [0.4, 0.5) is 0 Å². The molecule has 0 amide bonds. The van der Waals surface area contributed by atoms with Crippen LogP contribution in [0.25, 0.3) is 10.2 Å². The molecule has 0 bridgehead atoms. The molecule has 1 aromatic carbocycles. The Morgan fingerprint density at radius 1 is 1.32 bits per heavy atom. The third-order valence-electron chi connectivity index (χ3n) is 3.68. The molecule has 0 aliphatic rings. The van der Waals surface area contributed by atoms with Gasteiger partial charge < -0.3 is 0 Å². The van der Waals surface area contributed by atoms with E-state index in [2.05, 4.69) is 22.0 Å². The summed E-state index contributed by atoms with van der Waals surface area (Å²) in [5.41, 5.74) is 2.29. The number of fused-ring (bicyclic) bond motifs is 1. The maximum absolute atomic E-state index is 12.6. The van der Waals surface area contributed by atoms with E-state index in [1.165, 1.54) is 5.56 Å². The third kappa shape index (κ3) is 2.75. The minimum absolute atomic E-state index is 0.0430. The van der Waals surface area contributed by atoms with E-state index in [0.29, 0.717) is 0 Å². The lowest BCUT2D eigenvalue weighted by molar-refractivity contribution is 0.727. The molecule has 0 N–H and O–H groups in total. The van der Waals surface area contributed by atoms with Crippen molar-refractivity contribution in [3.63, 3.8) is 0 Å². The maximum Gasteiger partial charge on any atom is 0.262 e. The molecule has 0 aliphatic carbocycles. The predicted molar refractivity (Wildman–Crippen MR) is 98.0 cm³/mol. The van der Waals surface area contributed by atoms with Crippen molar-refractivity contribution >= 4 is 49.2 Å². The van der Waals surface area contributed by atoms with E-state index in [1.807, 2.05) is 32.0 Å². The molecule has 22 heavy (non-hydrogen) atoms. The number of aryl methyl sites for hydroxylation is 2. The van der Waals surface area contributed by atoms with Crippen LogP contribution in [0.5, 0.6) is 0 Å². The van der Waals surface area contributed by atoms with Crippen LogP contribution in [0.15, 0.2) is 38.7 Å². The molecule has 3 nitrogen and oxygen atoms in total. The summed E-state index contributed by atoms with van der Waals surface area (Å²) < 4.78 is 2.74. The molecule has 0 unspecified atom stereocenters. The predicted octanol–water partition coefficient (Wildman–Crippen LogP) is 4.67. The van der Waals surface area contributed by atoms with Gasteiger partial charge in [-0.05, 0) is 31.0 Å². The van der Waals surface area contributed by atoms with Crippen LogP contribution >= 0.6 is 39.0 Å². The molecule has 3 rings (SSSR count). The molecule has 0 atom stereocenters. The molecule has 6 heteroatoms. The molecule has 0 fully saturated rings. The number of benzene rings is 1. The van der Waals surface area contributed by atoms with Crippen LogP contribution in [0.3, 0.4) is 0 Å². The van der Waals surface area contributed by atoms with Gasteiger partial charge in [-0.2, -0.15) is 0 Å². The van der Waals surface area contributed by atoms with Crippen LogP contribution in [-0.4, -0.2) is 9.55 Å². The number of halogens is 1. The number of hydrogen-bond acceptors (Lipinski definition) is 4. The standard InChI is InChI=1S/C16H15BrN2OS2/c1-9-10(2)22-14-13(9)15(20)19(3)16(18-14)21-8-11-6-4-5-7-12(11)17/h4-7H,8H2,1-3H3. The van der Waals surface area contributed by atoms with Crippen LogP contribution < -0.4 is 5.56 Å². The number of aromatic nitrogens is 2. The van der Waals surface area contributed by atoms with Gasteiger partial charge in [0.2, 0.25) is 0 Å². The van der Waals surface area contributed by atoms with Gasteiger partial charge in [-0.1, -0.05) is 45.9 Å². The van der Waals surface area contributed by atoms with Crippen molar-refractivity contribution in [3.05, 3.63) is 55.1 Å². The SMILES string of the molecule is Cc1sc2nc(SCc3ccccc3Br)n(C)c(=O)c2c1C. The van der Waals surface area contributed by atoms with Crippen molar-refractivity contribution in [1.82, 2.24) is 9.55 Å². The van der Waals surface area contributed by atoms with E-state index < -0.39 is 0 Å². The fourth-order valence-electron chi connectivity index (χ4n) is 2.24. The van der Waals surface area contributed by atoms with Crippen molar-refractivity contribution in [1.29, 1.82) is 0 Å². The normalized spacial score (nSPS) is 11.3. The Labute approximate surface area is 145 Å². The lowest BCUT2D eigenvalue weighted by Crippen LogP contribution is -2.19. The Bertz CT molecular complexity index is 914. The molecule has 2 heterocycles. The second-order valence-electron chi connectivity index (χ2n) is 5.10. The highest BCUT2D eigenvalue weighted by Gasteiger charge is 2.15. The van der Waals surface area contributed by atoms with Crippen molar-refractivity contribution in [2.24, 2.45) is 7.05 Å². The summed E-state index contributed by atoms with van der Waals surface area (Å²) in [5.74, 6) is 0.774. The quantitative estimate of drug-likeness (QED) is 0.478. The lowest BCUT2D eigenvalue weighted by Gasteiger charge is -2.08. The van der Waals surface area contributed by atoms with Gasteiger partial charge in [-0.3, -0.25) is 9.36 Å². The van der Waals surface area contributed by atoms with Crippen molar-refractivity contribution in [2.45, 2.75) is 24.8 Å². The van der Waals surface area contributed by atoms with Gasteiger partial charge in [0.25, 0.3) is 5.56 Å². The van der Waals surface area contributed by atoms with Crippen LogP contribution in [0, 0.1) is 13.8 Å². The average Bonchev–Trinajstić information content (AvgIpc) is 2.78. The highest BCUT2D eigenvalue weighted by Crippen LogP contribution is 2.30. The summed E-state index contributed by atoms with van der Waals surface area (Å²) in [7, 11) is 1.80. The van der Waals surface area contributed by atoms with E-state index in [1.54, 1.807) is 34.7 Å². The van der Waals surface area contributed by atoms with Crippen molar-refractivity contribution < 1.29 is 0 Å². The fraction of sp³-hybridized carbons (Fsp3) is 0.250. The molecule has 3 aromatic rings. The first-order chi connectivity index (χ1) is 10.5. The molecule has 0 spiro atoms. The number of rotatable bonds is 3. The van der Waals surface area contributed by atoms with E-state index in [-0.39, 0.29) is 5.56 Å². The van der Waals surface area contributed by atoms with E-state index >= 15 is 0 Å². The topological polar surface area (TPSA) is 34.9 Å². The molecule has 114 valence electrons. The Balaban J connectivity index is 2.00. The van der Waals surface area contributed by atoms with Crippen LogP contribution in [0.1, 0.15) is 16.0 Å². The summed E-state index contributed by atoms with van der Waals surface area (Å²) >= 11 is 6.74. The molecule has 0 aliphatic heterocycles. The van der Waals surface area contributed by atoms with Gasteiger partial charge in [-0.15, -0.1) is 11.3 Å². The highest BCUT2D eigenvalue weighted by atomic mass is 79.9. The Hall–Kier alpha value is -1.11. The van der Waals surface area contributed by atoms with E-state index in [4.69, 9.17) is 4.98 Å². The third-order valence-corrected chi connectivity index (χ3v) is 6.64. The Kier molecular flexibility index (Phi) is 4.43. The van der Waals surface area contributed by atoms with Crippen LogP contribution in [-0.2, 0) is 12.8 Å².